The van der Waals surface area contributed by atoms with Crippen molar-refractivity contribution in [1.82, 2.24) is 38.8 Å². The molecule has 6 aromatic rings. The van der Waals surface area contributed by atoms with E-state index < -0.39 is 20.0 Å². The Morgan fingerprint density at radius 3 is 1.62 bits per heavy atom. The molecule has 0 amide bonds. The number of aryl methyl sites for hydroxylation is 2. The molecule has 392 valence electrons. The van der Waals surface area contributed by atoms with Crippen LogP contribution >= 0.6 is 0 Å². The van der Waals surface area contributed by atoms with Gasteiger partial charge in [-0.1, -0.05) is 38.3 Å². The average molecular weight is 1040 g/mol. The van der Waals surface area contributed by atoms with Gasteiger partial charge >= 0.3 is 0 Å². The van der Waals surface area contributed by atoms with E-state index in [4.69, 9.17) is 9.97 Å². The first-order valence-electron chi connectivity index (χ1n) is 25.9. The van der Waals surface area contributed by atoms with E-state index in [0.29, 0.717) is 54.4 Å². The van der Waals surface area contributed by atoms with E-state index in [0.717, 1.165) is 119 Å². The number of aromatic nitrogens is 4. The fourth-order valence-electron chi connectivity index (χ4n) is 9.65. The summed E-state index contributed by atoms with van der Waals surface area (Å²) in [6.07, 6.45) is 9.17. The molecule has 2 aliphatic heterocycles. The zero-order valence-corrected chi connectivity index (χ0v) is 44.6. The quantitative estimate of drug-likeness (QED) is 0.0488. The molecule has 74 heavy (non-hydrogen) atoms. The second-order valence-electron chi connectivity index (χ2n) is 19.5. The summed E-state index contributed by atoms with van der Waals surface area (Å²) >= 11 is 0. The number of anilines is 10. The minimum Gasteiger partial charge on any atom is -0.369 e. The Labute approximate surface area is 437 Å². The van der Waals surface area contributed by atoms with Crippen molar-refractivity contribution in [2.24, 2.45) is 0 Å². The maximum absolute atomic E-state index is 14.0. The molecule has 9 rings (SSSR count). The van der Waals surface area contributed by atoms with E-state index in [1.165, 1.54) is 5.69 Å². The van der Waals surface area contributed by atoms with Gasteiger partial charge in [0.15, 0.2) is 0 Å². The number of nitrogens with one attached hydrogen (secondary N) is 5. The number of hydrogen-bond acceptors (Lipinski definition) is 16. The Kier molecular flexibility index (Phi) is 16.9. The van der Waals surface area contributed by atoms with E-state index in [1.54, 1.807) is 53.1 Å². The number of benzene rings is 4. The summed E-state index contributed by atoms with van der Waals surface area (Å²) in [5.74, 6) is 2.02. The molecule has 2 aromatic heterocycles. The molecule has 3 fully saturated rings. The van der Waals surface area contributed by atoms with E-state index in [-0.39, 0.29) is 15.8 Å². The predicted octanol–water partition coefficient (Wildman–Crippen LogP) is 8.44. The lowest BCUT2D eigenvalue weighted by Crippen LogP contribution is -2.47. The first-order valence-corrected chi connectivity index (χ1v) is 28.8. The largest absolute Gasteiger partial charge is 0.369 e. The third-order valence-corrected chi connectivity index (χ3v) is 17.6. The fraction of sp³-hybridized carbons (Fsp3) is 0.407. The highest BCUT2D eigenvalue weighted by atomic mass is 32.2. The van der Waals surface area contributed by atoms with Crippen LogP contribution in [0.3, 0.4) is 0 Å². The first-order chi connectivity index (χ1) is 35.8. The molecule has 20 heteroatoms. The van der Waals surface area contributed by atoms with E-state index in [9.17, 15) is 16.8 Å². The zero-order chi connectivity index (χ0) is 51.7. The van der Waals surface area contributed by atoms with Gasteiger partial charge < -0.3 is 36.0 Å². The van der Waals surface area contributed by atoms with Crippen molar-refractivity contribution in [2.75, 3.05) is 110 Å². The van der Waals surface area contributed by atoms with Gasteiger partial charge in [0.05, 0.1) is 9.79 Å². The summed E-state index contributed by atoms with van der Waals surface area (Å²) in [5.41, 5.74) is 6.91. The van der Waals surface area contributed by atoms with Gasteiger partial charge in [-0.15, -0.1) is 0 Å². The molecule has 0 bridgehead atoms. The van der Waals surface area contributed by atoms with Crippen molar-refractivity contribution >= 4 is 77.7 Å². The molecule has 0 unspecified atom stereocenters. The van der Waals surface area contributed by atoms with Gasteiger partial charge in [0.1, 0.15) is 11.6 Å². The lowest BCUT2D eigenvalue weighted by atomic mass is 9.96. The molecule has 1 saturated carbocycles. The summed E-state index contributed by atoms with van der Waals surface area (Å²) in [5, 5.41) is 13.3. The topological polar surface area (TPSA) is 196 Å². The highest BCUT2D eigenvalue weighted by Gasteiger charge is 2.26. The Bertz CT molecular complexity index is 3050. The molecule has 2 saturated heterocycles. The number of piperazine rings is 2. The Hall–Kier alpha value is -6.42. The third-order valence-electron chi connectivity index (χ3n) is 14.1. The molecule has 18 nitrogen and oxygen atoms in total. The average Bonchev–Trinajstić information content (AvgIpc) is 3.41. The van der Waals surface area contributed by atoms with Crippen molar-refractivity contribution in [1.29, 1.82) is 0 Å². The Balaban J connectivity index is 0.729. The maximum atomic E-state index is 14.0. The van der Waals surface area contributed by atoms with Gasteiger partial charge in [0.25, 0.3) is 0 Å². The Morgan fingerprint density at radius 1 is 0.595 bits per heavy atom. The number of sulfonamides is 2. The summed E-state index contributed by atoms with van der Waals surface area (Å²) in [6.45, 7) is 14.8. The van der Waals surface area contributed by atoms with Crippen molar-refractivity contribution in [2.45, 2.75) is 75.1 Å². The predicted molar refractivity (Wildman–Crippen MR) is 297 cm³/mol. The van der Waals surface area contributed by atoms with Gasteiger partial charge in [0, 0.05) is 129 Å². The van der Waals surface area contributed by atoms with Gasteiger partial charge in [-0.25, -0.2) is 31.5 Å². The first kappa shape index (κ1) is 52.4. The molecule has 4 heterocycles. The molecular formula is C54H70N14O4S2. The van der Waals surface area contributed by atoms with Crippen LogP contribution in [-0.2, 0) is 20.0 Å². The highest BCUT2D eigenvalue weighted by molar-refractivity contribution is 7.89. The van der Waals surface area contributed by atoms with Gasteiger partial charge in [-0.05, 0) is 132 Å². The number of hydrogen-bond donors (Lipinski definition) is 5. The standard InChI is InChI=1S/C54H70N14O4S2/c1-5-68(74(71,72)50-17-10-15-46(37-50)58-52-41(3)39-56-54(62-52)59-42-18-22-47(23-19-42)66-32-28-64(4)29-33-66)27-11-26-65-30-34-67(35-31-65)48-24-20-43(21-25-48)60-53-55-38-40(2)51(61-53)57-45-14-9-16-49(36-45)73(69,70)63-44-12-7-6-8-13-44/h9-10,14-25,36-39,44,63H,5-8,11-13,26-35H2,1-4H3,(H2,55,57,60,61)(H2,56,58,59,62). The fourth-order valence-corrected chi connectivity index (χ4v) is 12.5. The Morgan fingerprint density at radius 2 is 1.09 bits per heavy atom. The molecule has 3 aliphatic rings. The molecule has 0 spiro atoms. The van der Waals surface area contributed by atoms with Crippen molar-refractivity contribution in [3.8, 4) is 0 Å². The van der Waals surface area contributed by atoms with Crippen LogP contribution in [0.15, 0.2) is 119 Å². The molecule has 1 aliphatic carbocycles. The third kappa shape index (κ3) is 13.5. The molecule has 4 aromatic carbocycles. The second-order valence-corrected chi connectivity index (χ2v) is 23.2. The maximum Gasteiger partial charge on any atom is 0.243 e. The summed E-state index contributed by atoms with van der Waals surface area (Å²) < 4.78 is 58.9. The van der Waals surface area contributed by atoms with Crippen LogP contribution in [0.5, 0.6) is 0 Å². The van der Waals surface area contributed by atoms with Gasteiger partial charge in [-0.3, -0.25) is 4.90 Å². The van der Waals surface area contributed by atoms with E-state index >= 15 is 0 Å². The summed E-state index contributed by atoms with van der Waals surface area (Å²) in [4.78, 5) is 28.4. The van der Waals surface area contributed by atoms with Crippen molar-refractivity contribution in [3.05, 3.63) is 121 Å². The van der Waals surface area contributed by atoms with Crippen LogP contribution in [0.4, 0.5) is 57.7 Å². The van der Waals surface area contributed by atoms with Crippen LogP contribution in [-0.4, -0.2) is 136 Å². The molecule has 0 atom stereocenters. The van der Waals surface area contributed by atoms with E-state index in [1.807, 2.05) is 57.2 Å². The lowest BCUT2D eigenvalue weighted by Gasteiger charge is -2.36. The SMILES string of the molecule is CCN(CCCN1CCN(c2ccc(Nc3ncc(C)c(Nc4cccc(S(=O)(=O)NC5CCCCC5)c4)n3)cc2)CC1)S(=O)(=O)c1cccc(Nc2nc(Nc3ccc(N4CCN(C)CC4)cc3)ncc2C)c1. The minimum absolute atomic E-state index is 0.0247. The number of likely N-dealkylation sites (N-methyl/N-ethyl adjacent to an activating group) is 1. The van der Waals surface area contributed by atoms with Gasteiger partial charge in [-0.2, -0.15) is 14.3 Å². The van der Waals surface area contributed by atoms with Crippen LogP contribution in [0, 0.1) is 13.8 Å². The summed E-state index contributed by atoms with van der Waals surface area (Å²) in [6, 6.07) is 30.2. The van der Waals surface area contributed by atoms with Crippen molar-refractivity contribution < 1.29 is 16.8 Å². The number of nitrogens with zero attached hydrogens (tertiary/aromatic N) is 9. The smallest absolute Gasteiger partial charge is 0.243 e. The molecule has 5 N–H and O–H groups in total. The zero-order valence-electron chi connectivity index (χ0n) is 43.0. The highest BCUT2D eigenvalue weighted by Crippen LogP contribution is 2.29. The normalized spacial score (nSPS) is 16.3. The number of rotatable bonds is 20. The van der Waals surface area contributed by atoms with Gasteiger partial charge in [0.2, 0.25) is 31.9 Å². The van der Waals surface area contributed by atoms with E-state index in [2.05, 4.69) is 86.9 Å². The van der Waals surface area contributed by atoms with Crippen molar-refractivity contribution in [3.63, 3.8) is 0 Å². The summed E-state index contributed by atoms with van der Waals surface area (Å²) in [7, 11) is -5.26. The minimum atomic E-state index is -3.76. The molecule has 0 radical (unpaired) electrons. The lowest BCUT2D eigenvalue weighted by molar-refractivity contribution is 0.246. The second kappa shape index (κ2) is 23.8. The monoisotopic (exact) mass is 1040 g/mol. The van der Waals surface area contributed by atoms with Crippen LogP contribution in [0.2, 0.25) is 0 Å². The van der Waals surface area contributed by atoms with Crippen LogP contribution in [0.25, 0.3) is 0 Å². The van der Waals surface area contributed by atoms with Crippen LogP contribution in [0.1, 0.15) is 56.6 Å². The molecular weight excluding hydrogens is 973 g/mol. The van der Waals surface area contributed by atoms with Crippen LogP contribution < -0.4 is 35.8 Å².